The van der Waals surface area contributed by atoms with Gasteiger partial charge in [0, 0.05) is 25.6 Å². The van der Waals surface area contributed by atoms with Gasteiger partial charge in [0.2, 0.25) is 11.8 Å². The molecule has 0 saturated carbocycles. The van der Waals surface area contributed by atoms with Gasteiger partial charge in [-0.1, -0.05) is 11.6 Å². The number of carbonyl (C=O) groups excluding carboxylic acids is 2. The van der Waals surface area contributed by atoms with Crippen LogP contribution in [0.1, 0.15) is 24.7 Å². The van der Waals surface area contributed by atoms with Gasteiger partial charge in [0.1, 0.15) is 5.76 Å². The molecule has 0 radical (unpaired) electrons. The fourth-order valence-corrected chi connectivity index (χ4v) is 2.44. The number of furan rings is 1. The molecule has 2 aromatic rings. The van der Waals surface area contributed by atoms with Crippen LogP contribution < -0.4 is 5.32 Å². The average molecular weight is 389 g/mol. The predicted molar refractivity (Wildman–Crippen MR) is 89.5 cm³/mol. The Labute approximate surface area is 152 Å². The topological polar surface area (TPSA) is 62.6 Å². The third-order valence-electron chi connectivity index (χ3n) is 3.54. The molecule has 0 unspecified atom stereocenters. The van der Waals surface area contributed by atoms with E-state index in [1.165, 1.54) is 24.2 Å². The van der Waals surface area contributed by atoms with Crippen molar-refractivity contribution in [1.29, 1.82) is 0 Å². The van der Waals surface area contributed by atoms with Gasteiger partial charge in [-0.2, -0.15) is 13.2 Å². The number of nitrogens with zero attached hydrogens (tertiary/aromatic N) is 1. The van der Waals surface area contributed by atoms with Gasteiger partial charge in [-0.15, -0.1) is 0 Å². The van der Waals surface area contributed by atoms with E-state index in [4.69, 9.17) is 16.0 Å². The standard InChI is InChI=1S/C17H16ClF3N2O3/c1-11(24)23(10-13-3-2-8-26-13)7-6-16(25)22-12-4-5-15(18)14(9-12)17(19,20)21/h2-5,8-9H,6-7,10H2,1H3,(H,22,25). The molecule has 0 atom stereocenters. The Morgan fingerprint density at radius 3 is 2.58 bits per heavy atom. The number of halogens is 4. The summed E-state index contributed by atoms with van der Waals surface area (Å²) in [5.41, 5.74) is -1.05. The average Bonchev–Trinajstić information content (AvgIpc) is 3.05. The van der Waals surface area contributed by atoms with Crippen LogP contribution in [0, 0.1) is 0 Å². The summed E-state index contributed by atoms with van der Waals surface area (Å²) in [5, 5.41) is 1.93. The molecule has 1 aromatic carbocycles. The minimum atomic E-state index is -4.62. The minimum Gasteiger partial charge on any atom is -0.467 e. The van der Waals surface area contributed by atoms with Gasteiger partial charge in [0.15, 0.2) is 0 Å². The lowest BCUT2D eigenvalue weighted by Crippen LogP contribution is -2.31. The Morgan fingerprint density at radius 2 is 2.00 bits per heavy atom. The van der Waals surface area contributed by atoms with E-state index >= 15 is 0 Å². The first-order valence-electron chi connectivity index (χ1n) is 7.61. The maximum absolute atomic E-state index is 12.8. The van der Waals surface area contributed by atoms with Gasteiger partial charge in [-0.25, -0.2) is 0 Å². The second-order valence-corrected chi connectivity index (χ2v) is 5.92. The highest BCUT2D eigenvalue weighted by molar-refractivity contribution is 6.31. The summed E-state index contributed by atoms with van der Waals surface area (Å²) in [7, 11) is 0. The van der Waals surface area contributed by atoms with Crippen molar-refractivity contribution < 1.29 is 27.2 Å². The van der Waals surface area contributed by atoms with Crippen LogP contribution in [0.15, 0.2) is 41.0 Å². The number of hydrogen-bond acceptors (Lipinski definition) is 3. The molecule has 1 heterocycles. The van der Waals surface area contributed by atoms with Gasteiger partial charge >= 0.3 is 6.18 Å². The van der Waals surface area contributed by atoms with E-state index < -0.39 is 22.7 Å². The van der Waals surface area contributed by atoms with E-state index in [0.29, 0.717) is 5.76 Å². The Kier molecular flexibility index (Phi) is 6.31. The molecule has 1 aromatic heterocycles. The zero-order valence-electron chi connectivity index (χ0n) is 13.8. The zero-order valence-corrected chi connectivity index (χ0v) is 14.5. The lowest BCUT2D eigenvalue weighted by molar-refractivity contribution is -0.137. The number of benzene rings is 1. The van der Waals surface area contributed by atoms with Crippen molar-refractivity contribution in [3.63, 3.8) is 0 Å². The first kappa shape index (κ1) is 19.8. The van der Waals surface area contributed by atoms with Crippen molar-refractivity contribution in [2.24, 2.45) is 0 Å². The summed E-state index contributed by atoms with van der Waals surface area (Å²) in [6, 6.07) is 6.49. The second kappa shape index (κ2) is 8.27. The fourth-order valence-electron chi connectivity index (χ4n) is 2.22. The van der Waals surface area contributed by atoms with Crippen LogP contribution in [-0.2, 0) is 22.3 Å². The van der Waals surface area contributed by atoms with E-state index in [1.54, 1.807) is 12.1 Å². The first-order chi connectivity index (χ1) is 12.2. The van der Waals surface area contributed by atoms with Crippen LogP contribution in [0.3, 0.4) is 0 Å². The summed E-state index contributed by atoms with van der Waals surface area (Å²) in [5.74, 6) is -0.209. The molecular weight excluding hydrogens is 373 g/mol. The van der Waals surface area contributed by atoms with Crippen molar-refractivity contribution in [3.05, 3.63) is 52.9 Å². The van der Waals surface area contributed by atoms with Crippen LogP contribution in [0.25, 0.3) is 0 Å². The van der Waals surface area contributed by atoms with Crippen LogP contribution in [0.5, 0.6) is 0 Å². The third-order valence-corrected chi connectivity index (χ3v) is 3.87. The molecule has 0 aliphatic heterocycles. The molecular formula is C17H16ClF3N2O3. The van der Waals surface area contributed by atoms with Crippen molar-refractivity contribution in [2.75, 3.05) is 11.9 Å². The molecule has 0 fully saturated rings. The molecule has 140 valence electrons. The maximum Gasteiger partial charge on any atom is 0.417 e. The van der Waals surface area contributed by atoms with Crippen molar-refractivity contribution in [2.45, 2.75) is 26.1 Å². The normalized spacial score (nSPS) is 11.3. The van der Waals surface area contributed by atoms with Crippen LogP contribution >= 0.6 is 11.6 Å². The second-order valence-electron chi connectivity index (χ2n) is 5.51. The molecule has 0 bridgehead atoms. The largest absolute Gasteiger partial charge is 0.467 e. The smallest absolute Gasteiger partial charge is 0.417 e. The number of anilines is 1. The molecule has 2 amide bonds. The monoisotopic (exact) mass is 388 g/mol. The van der Waals surface area contributed by atoms with Crippen molar-refractivity contribution in [1.82, 2.24) is 4.90 Å². The molecule has 2 rings (SSSR count). The summed E-state index contributed by atoms with van der Waals surface area (Å²) < 4.78 is 43.7. The molecule has 9 heteroatoms. The molecule has 1 N–H and O–H groups in total. The van der Waals surface area contributed by atoms with Crippen LogP contribution in [0.4, 0.5) is 18.9 Å². The van der Waals surface area contributed by atoms with E-state index in [1.807, 2.05) is 0 Å². The fraction of sp³-hybridized carbons (Fsp3) is 0.294. The highest BCUT2D eigenvalue weighted by Gasteiger charge is 2.33. The predicted octanol–water partition coefficient (Wildman–Crippen LogP) is 4.33. The quantitative estimate of drug-likeness (QED) is 0.801. The summed E-state index contributed by atoms with van der Waals surface area (Å²) in [4.78, 5) is 25.1. The van der Waals surface area contributed by atoms with Gasteiger partial charge in [-0.3, -0.25) is 9.59 Å². The Hall–Kier alpha value is -2.48. The van der Waals surface area contributed by atoms with Gasteiger partial charge in [0.05, 0.1) is 23.4 Å². The number of alkyl halides is 3. The summed E-state index contributed by atoms with van der Waals surface area (Å²) in [6.45, 7) is 1.66. The third kappa shape index (κ3) is 5.52. The van der Waals surface area contributed by atoms with Gasteiger partial charge < -0.3 is 14.6 Å². The molecule has 0 aliphatic rings. The van der Waals surface area contributed by atoms with Gasteiger partial charge in [0.25, 0.3) is 0 Å². The van der Waals surface area contributed by atoms with E-state index in [2.05, 4.69) is 5.32 Å². The van der Waals surface area contributed by atoms with Crippen LogP contribution in [0.2, 0.25) is 5.02 Å². The molecule has 0 spiro atoms. The van der Waals surface area contributed by atoms with Crippen LogP contribution in [-0.4, -0.2) is 23.3 Å². The van der Waals surface area contributed by atoms with Crippen molar-refractivity contribution >= 4 is 29.1 Å². The maximum atomic E-state index is 12.8. The molecule has 26 heavy (non-hydrogen) atoms. The lowest BCUT2D eigenvalue weighted by atomic mass is 10.2. The van der Waals surface area contributed by atoms with E-state index in [-0.39, 0.29) is 31.1 Å². The molecule has 0 aliphatic carbocycles. The SMILES string of the molecule is CC(=O)N(CCC(=O)Nc1ccc(Cl)c(C(F)(F)F)c1)Cc1ccco1. The first-order valence-corrected chi connectivity index (χ1v) is 7.99. The lowest BCUT2D eigenvalue weighted by Gasteiger charge is -2.19. The van der Waals surface area contributed by atoms with Gasteiger partial charge in [-0.05, 0) is 30.3 Å². The number of nitrogens with one attached hydrogen (secondary N) is 1. The highest BCUT2D eigenvalue weighted by atomic mass is 35.5. The number of amides is 2. The number of rotatable bonds is 6. The molecule has 0 saturated heterocycles. The zero-order chi connectivity index (χ0) is 19.3. The number of hydrogen-bond donors (Lipinski definition) is 1. The Morgan fingerprint density at radius 1 is 1.27 bits per heavy atom. The Bertz CT molecular complexity index is 776. The van der Waals surface area contributed by atoms with Crippen molar-refractivity contribution in [3.8, 4) is 0 Å². The summed E-state index contributed by atoms with van der Waals surface area (Å²) in [6.07, 6.45) is -3.23. The van der Waals surface area contributed by atoms with E-state index in [9.17, 15) is 22.8 Å². The minimum absolute atomic E-state index is 0.0212. The molecule has 5 nitrogen and oxygen atoms in total. The summed E-state index contributed by atoms with van der Waals surface area (Å²) >= 11 is 5.54. The highest BCUT2D eigenvalue weighted by Crippen LogP contribution is 2.36. The Balaban J connectivity index is 1.96. The van der Waals surface area contributed by atoms with E-state index in [0.717, 1.165) is 12.1 Å². The number of carbonyl (C=O) groups is 2.